The molecule has 688 valence electrons. The fraction of sp³-hybridized carbons (Fsp3) is 0.902. The number of carbonyl (C=O) groups is 4. The van der Waals surface area contributed by atoms with E-state index in [0.29, 0.717) is 88.9 Å². The van der Waals surface area contributed by atoms with E-state index in [1.807, 2.05) is 13.8 Å². The summed E-state index contributed by atoms with van der Waals surface area (Å²) in [5.41, 5.74) is 0.844. The van der Waals surface area contributed by atoms with Gasteiger partial charge in [0.2, 0.25) is 11.8 Å². The van der Waals surface area contributed by atoms with Crippen molar-refractivity contribution < 1.29 is 141 Å². The standard InChI is InChI=1S/C82H136N10O29/c1-5-51-21-13-23-55(73(51)120-81-71(103)69(101)65(97)47(3)112-81)116-79-63(75(67(99)59(43-93)118-79)114-57(77(105)89-25-15-26-89)37-49-17-9-7-10-18-49)83-61(95)41-91-39-53(85-87-91)45-110-35-33-108-31-29-107-30-32-109-34-36-111-46-54-40-92(88-86-54)42-62(96)84-64-76(115-58(78(106)90-27-16-28-90)38-50-19-11-8-12-20-50)68(100)60(44-94)119-80(64)117-56-24-14-22-52(6-2)74(56)121-82-72(104)70(102)66(98)48(4)113-82/h39-40,47-52,55-60,63-76,79-82,93-94,97-104H,5-38,41-46H2,1-4H3,(H,83,95)(H,84,96)/t47?,48?,51?,52?,55-,56-,57+,58+,59+,60+,63?,64?,65-,66-,67+,68+,69?,70?,71+,72+,73-,74-,75?,76?,79-,80-,81+,82+/m1/s1. The van der Waals surface area contributed by atoms with Gasteiger partial charge in [-0.05, 0) is 88.9 Å². The van der Waals surface area contributed by atoms with Gasteiger partial charge in [-0.25, -0.2) is 9.36 Å². The molecule has 39 nitrogen and oxygen atoms in total. The number of hydrogen-bond donors (Lipinski definition) is 12. The van der Waals surface area contributed by atoms with Crippen LogP contribution in [0, 0.1) is 23.7 Å². The first-order chi connectivity index (χ1) is 58.6. The molecule has 0 bridgehead atoms. The summed E-state index contributed by atoms with van der Waals surface area (Å²) >= 11 is 0. The molecule has 12 N–H and O–H groups in total. The summed E-state index contributed by atoms with van der Waals surface area (Å²) in [6.45, 7) is 9.47. The summed E-state index contributed by atoms with van der Waals surface area (Å²) in [6.07, 6.45) is -8.74. The maximum atomic E-state index is 14.4. The van der Waals surface area contributed by atoms with Crippen LogP contribution in [0.1, 0.15) is 180 Å². The normalized spacial score (nSPS) is 35.8. The number of aliphatic hydroxyl groups is 10. The molecule has 4 saturated carbocycles. The fourth-order valence-corrected chi connectivity index (χ4v) is 18.5. The highest BCUT2D eigenvalue weighted by atomic mass is 16.7. The summed E-state index contributed by atoms with van der Waals surface area (Å²) in [5.74, 6) is -1.47. The van der Waals surface area contributed by atoms with Crippen molar-refractivity contribution in [1.29, 1.82) is 0 Å². The lowest BCUT2D eigenvalue weighted by Gasteiger charge is -2.49. The number of likely N-dealkylation sites (tertiary alicyclic amines) is 2. The van der Waals surface area contributed by atoms with Gasteiger partial charge in [0.25, 0.3) is 11.8 Å². The van der Waals surface area contributed by atoms with Crippen LogP contribution >= 0.6 is 0 Å². The zero-order valence-corrected chi connectivity index (χ0v) is 70.6. The molecular weight excluding hydrogens is 1590 g/mol. The average molecular weight is 1730 g/mol. The maximum Gasteiger partial charge on any atom is 0.251 e. The van der Waals surface area contributed by atoms with Crippen molar-refractivity contribution in [2.75, 3.05) is 92.2 Å². The molecule has 10 aliphatic rings. The quantitative estimate of drug-likeness (QED) is 0.0365. The largest absolute Gasteiger partial charge is 0.394 e. The van der Waals surface area contributed by atoms with Crippen molar-refractivity contribution >= 4 is 23.6 Å². The van der Waals surface area contributed by atoms with Gasteiger partial charge in [-0.15, -0.1) is 10.2 Å². The zero-order valence-electron chi connectivity index (χ0n) is 70.6. The van der Waals surface area contributed by atoms with Gasteiger partial charge in [0.15, 0.2) is 25.2 Å². The van der Waals surface area contributed by atoms with Gasteiger partial charge >= 0.3 is 0 Å². The second kappa shape index (κ2) is 47.3. The molecule has 10 fully saturated rings. The van der Waals surface area contributed by atoms with E-state index in [1.54, 1.807) is 36.0 Å². The van der Waals surface area contributed by atoms with E-state index in [4.69, 9.17) is 71.1 Å². The average Bonchev–Trinajstić information content (AvgIpc) is 0.904. The number of nitrogens with one attached hydrogen (secondary N) is 2. The molecule has 2 aromatic heterocycles. The highest BCUT2D eigenvalue weighted by Crippen LogP contribution is 2.42. The van der Waals surface area contributed by atoms with Crippen LogP contribution in [0.3, 0.4) is 0 Å². The van der Waals surface area contributed by atoms with Crippen molar-refractivity contribution in [3.63, 3.8) is 0 Å². The molecule has 0 aromatic carbocycles. The molecule has 28 atom stereocenters. The molecule has 4 amide bonds. The van der Waals surface area contributed by atoms with Crippen LogP contribution in [0.2, 0.25) is 0 Å². The van der Waals surface area contributed by atoms with Crippen molar-refractivity contribution in [1.82, 2.24) is 50.4 Å². The first-order valence-electron chi connectivity index (χ1n) is 44.6. The van der Waals surface area contributed by atoms with Gasteiger partial charge in [-0.1, -0.05) is 114 Å². The second-order valence-corrected chi connectivity index (χ2v) is 34.5. The lowest BCUT2D eigenvalue weighted by Crippen LogP contribution is -2.68. The number of carbonyl (C=O) groups excluding carboxylic acids is 4. The van der Waals surface area contributed by atoms with Crippen LogP contribution in [-0.4, -0.2) is 366 Å². The molecule has 0 radical (unpaired) electrons. The first kappa shape index (κ1) is 95.3. The van der Waals surface area contributed by atoms with Gasteiger partial charge < -0.3 is 143 Å². The molecule has 10 unspecified atom stereocenters. The fourth-order valence-electron chi connectivity index (χ4n) is 18.5. The lowest BCUT2D eigenvalue weighted by atomic mass is 9.82. The highest BCUT2D eigenvalue weighted by Gasteiger charge is 2.56. The van der Waals surface area contributed by atoms with E-state index in [0.717, 1.165) is 89.9 Å². The van der Waals surface area contributed by atoms with E-state index in [9.17, 15) is 70.2 Å². The minimum absolute atomic E-state index is 0.0450. The van der Waals surface area contributed by atoms with Crippen LogP contribution in [0.15, 0.2) is 12.4 Å². The van der Waals surface area contributed by atoms with Gasteiger partial charge in [0, 0.05) is 26.2 Å². The Bertz CT molecular complexity index is 3200. The summed E-state index contributed by atoms with van der Waals surface area (Å²) in [5, 5.41) is 133. The molecule has 6 aliphatic heterocycles. The third-order valence-electron chi connectivity index (χ3n) is 25.9. The Balaban J connectivity index is 0.575. The Morgan fingerprint density at radius 3 is 1.15 bits per heavy atom. The Hall–Kier alpha value is -4.84. The Morgan fingerprint density at radius 1 is 0.430 bits per heavy atom. The van der Waals surface area contributed by atoms with Crippen molar-refractivity contribution in [3.05, 3.63) is 23.8 Å². The molecule has 39 heteroatoms. The molecule has 0 spiro atoms. The third kappa shape index (κ3) is 25.8. The minimum Gasteiger partial charge on any atom is -0.394 e. The van der Waals surface area contributed by atoms with Gasteiger partial charge in [-0.2, -0.15) is 0 Å². The van der Waals surface area contributed by atoms with Gasteiger partial charge in [-0.3, -0.25) is 19.2 Å². The predicted octanol–water partition coefficient (Wildman–Crippen LogP) is -0.692. The number of aromatic nitrogens is 6. The molecule has 6 saturated heterocycles. The van der Waals surface area contributed by atoms with E-state index in [2.05, 4.69) is 31.3 Å². The summed E-state index contributed by atoms with van der Waals surface area (Å²) in [7, 11) is 0. The second-order valence-electron chi connectivity index (χ2n) is 34.5. The van der Waals surface area contributed by atoms with Crippen LogP contribution in [0.4, 0.5) is 0 Å². The van der Waals surface area contributed by atoms with Crippen molar-refractivity contribution in [3.8, 4) is 0 Å². The SMILES string of the molecule is CCC1CCC[C@@H](O[C@@H]2O[C@@H](CO)[C@H](O)C(O[C@@H](CC3CCCCC3)C(=O)N3CCC3)C2NC(=O)Cn2cc(COCCOCCOCCOCCOCc3cn(CC(=O)NC4C(O[C@@H](CC5CCCCC5)C(=O)N5CCC5)[C@@H](O)[C@H](CO)O[C@H]4O[C@@H]4CCCC(CC)[C@H]4O[C@@H]4OC(C)[C@@H](O)C(O)[C@@H]4O)nn3)nn2)[C@@H]1O[C@@H]1OC(C)[C@@H](O)C(O)[C@@H]1O. The smallest absolute Gasteiger partial charge is 0.251 e. The molecule has 12 rings (SSSR count). The Morgan fingerprint density at radius 2 is 0.802 bits per heavy atom. The number of aliphatic hydroxyl groups excluding tert-OH is 10. The summed E-state index contributed by atoms with van der Waals surface area (Å²) in [6, 6.07) is -2.52. The molecular formula is C82H136N10O29. The van der Waals surface area contributed by atoms with Crippen LogP contribution in [0.25, 0.3) is 0 Å². The maximum absolute atomic E-state index is 14.4. The van der Waals surface area contributed by atoms with Crippen molar-refractivity contribution in [2.45, 2.75) is 355 Å². The molecule has 121 heavy (non-hydrogen) atoms. The van der Waals surface area contributed by atoms with Gasteiger partial charge in [0.05, 0.1) is 128 Å². The summed E-state index contributed by atoms with van der Waals surface area (Å²) in [4.78, 5) is 60.8. The monoisotopic (exact) mass is 1720 g/mol. The van der Waals surface area contributed by atoms with Gasteiger partial charge in [0.1, 0.15) is 122 Å². The summed E-state index contributed by atoms with van der Waals surface area (Å²) < 4.78 is 96.2. The molecule has 4 aliphatic carbocycles. The number of nitrogens with zero attached hydrogens (tertiary/aromatic N) is 8. The van der Waals surface area contributed by atoms with Crippen LogP contribution < -0.4 is 10.6 Å². The van der Waals surface area contributed by atoms with E-state index >= 15 is 0 Å². The third-order valence-corrected chi connectivity index (χ3v) is 25.9. The van der Waals surface area contributed by atoms with E-state index in [-0.39, 0.29) is 115 Å². The number of hydrogen-bond acceptors (Lipinski definition) is 33. The first-order valence-corrected chi connectivity index (χ1v) is 44.6. The van der Waals surface area contributed by atoms with E-state index in [1.165, 1.54) is 9.36 Å². The number of ether oxygens (including phenoxy) is 15. The Labute approximate surface area is 706 Å². The van der Waals surface area contributed by atoms with E-state index < -0.39 is 184 Å². The molecule has 8 heterocycles. The molecule has 2 aromatic rings. The minimum atomic E-state index is -1.58. The predicted molar refractivity (Wildman–Crippen MR) is 421 cm³/mol. The lowest BCUT2D eigenvalue weighted by molar-refractivity contribution is -0.337. The highest BCUT2D eigenvalue weighted by molar-refractivity contribution is 5.82. The topological polar surface area (TPSA) is 501 Å². The Kier molecular flexibility index (Phi) is 37.2. The van der Waals surface area contributed by atoms with Crippen LogP contribution in [-0.2, 0) is 117 Å². The van der Waals surface area contributed by atoms with Crippen LogP contribution in [0.5, 0.6) is 0 Å². The zero-order chi connectivity index (χ0) is 85.6. The number of amides is 4. The number of rotatable bonds is 44. The van der Waals surface area contributed by atoms with Crippen molar-refractivity contribution in [2.24, 2.45) is 23.7 Å².